The van der Waals surface area contributed by atoms with Gasteiger partial charge in [0.05, 0.1) is 6.42 Å². The van der Waals surface area contributed by atoms with Gasteiger partial charge in [-0.15, -0.1) is 0 Å². The van der Waals surface area contributed by atoms with E-state index < -0.39 is 12.6 Å². The lowest BCUT2D eigenvalue weighted by Crippen LogP contribution is -2.43. The molecule has 0 aromatic carbocycles. The zero-order valence-corrected chi connectivity index (χ0v) is 7.48. The molecule has 0 radical (unpaired) electrons. The topological polar surface area (TPSA) is 29.3 Å². The smallest absolute Gasteiger partial charge is 0.327 e. The van der Waals surface area contributed by atoms with Crippen LogP contribution in [-0.2, 0) is 0 Å². The third-order valence-corrected chi connectivity index (χ3v) is 2.25. The maximum atomic E-state index is 11.8. The fourth-order valence-electron chi connectivity index (χ4n) is 1.58. The Balaban J connectivity index is 2.21. The van der Waals surface area contributed by atoms with Crippen molar-refractivity contribution in [3.8, 4) is 0 Å². The van der Waals surface area contributed by atoms with Crippen LogP contribution in [0.3, 0.4) is 0 Å². The van der Waals surface area contributed by atoms with Crippen LogP contribution >= 0.6 is 0 Å². The Morgan fingerprint density at radius 2 is 2.08 bits per heavy atom. The Hall–Kier alpha value is -0.290. The van der Waals surface area contributed by atoms with Gasteiger partial charge in [0.25, 0.3) is 0 Å². The van der Waals surface area contributed by atoms with E-state index in [-0.39, 0.29) is 12.6 Å². The molecule has 1 heterocycles. The first-order chi connectivity index (χ1) is 5.97. The third kappa shape index (κ3) is 4.47. The molecule has 1 saturated heterocycles. The van der Waals surface area contributed by atoms with Crippen LogP contribution < -0.4 is 5.73 Å². The molecular weight excluding hydrogens is 181 g/mol. The van der Waals surface area contributed by atoms with Crippen LogP contribution in [0.25, 0.3) is 0 Å². The van der Waals surface area contributed by atoms with E-state index in [1.807, 2.05) is 0 Å². The van der Waals surface area contributed by atoms with Gasteiger partial charge >= 0.3 is 6.18 Å². The van der Waals surface area contributed by atoms with E-state index in [0.29, 0.717) is 6.54 Å². The standard InChI is InChI=1S/C8H15F3N2/c9-8(10,11)3-5-13-4-1-2-7(12)6-13/h7H,1-6,12H2/t7-/m0/s1. The van der Waals surface area contributed by atoms with Gasteiger partial charge in [0.2, 0.25) is 0 Å². The Labute approximate surface area is 75.9 Å². The highest BCUT2D eigenvalue weighted by Gasteiger charge is 2.28. The zero-order valence-electron chi connectivity index (χ0n) is 7.48. The average Bonchev–Trinajstić information content (AvgIpc) is 2.00. The molecule has 0 aromatic heterocycles. The predicted octanol–water partition coefficient (Wildman–Crippen LogP) is 1.36. The summed E-state index contributed by atoms with van der Waals surface area (Å²) in [6.45, 7) is 1.46. The van der Waals surface area contributed by atoms with E-state index >= 15 is 0 Å². The number of alkyl halides is 3. The van der Waals surface area contributed by atoms with Crippen LogP contribution in [0.1, 0.15) is 19.3 Å². The number of piperidine rings is 1. The highest BCUT2D eigenvalue weighted by molar-refractivity contribution is 4.75. The summed E-state index contributed by atoms with van der Waals surface area (Å²) in [5.41, 5.74) is 5.64. The minimum atomic E-state index is -4.04. The molecule has 0 amide bonds. The number of likely N-dealkylation sites (tertiary alicyclic amines) is 1. The minimum Gasteiger partial charge on any atom is -0.327 e. The fraction of sp³-hybridized carbons (Fsp3) is 1.00. The molecule has 13 heavy (non-hydrogen) atoms. The van der Waals surface area contributed by atoms with Gasteiger partial charge < -0.3 is 10.6 Å². The summed E-state index contributed by atoms with van der Waals surface area (Å²) in [5, 5.41) is 0. The van der Waals surface area contributed by atoms with Gasteiger partial charge in [0.1, 0.15) is 0 Å². The Bertz CT molecular complexity index is 158. The third-order valence-electron chi connectivity index (χ3n) is 2.25. The molecule has 1 fully saturated rings. The maximum Gasteiger partial charge on any atom is 0.390 e. The number of hydrogen-bond donors (Lipinski definition) is 1. The van der Waals surface area contributed by atoms with E-state index in [4.69, 9.17) is 5.73 Å². The largest absolute Gasteiger partial charge is 0.390 e. The molecule has 2 N–H and O–H groups in total. The predicted molar refractivity (Wildman–Crippen MR) is 44.3 cm³/mol. The molecule has 1 aliphatic heterocycles. The second kappa shape index (κ2) is 4.28. The highest BCUT2D eigenvalue weighted by Crippen LogP contribution is 2.20. The Kier molecular flexibility index (Phi) is 3.55. The number of nitrogens with zero attached hydrogens (tertiary/aromatic N) is 1. The molecule has 5 heteroatoms. The van der Waals surface area contributed by atoms with Crippen molar-refractivity contribution in [2.45, 2.75) is 31.5 Å². The van der Waals surface area contributed by atoms with Crippen molar-refractivity contribution >= 4 is 0 Å². The Morgan fingerprint density at radius 1 is 1.38 bits per heavy atom. The van der Waals surface area contributed by atoms with Gasteiger partial charge in [-0.05, 0) is 19.4 Å². The summed E-state index contributed by atoms with van der Waals surface area (Å²) in [6, 6.07) is 0.0574. The van der Waals surface area contributed by atoms with E-state index in [9.17, 15) is 13.2 Å². The Morgan fingerprint density at radius 3 is 2.62 bits per heavy atom. The molecule has 78 valence electrons. The monoisotopic (exact) mass is 196 g/mol. The van der Waals surface area contributed by atoms with Crippen molar-refractivity contribution in [1.29, 1.82) is 0 Å². The van der Waals surface area contributed by atoms with Gasteiger partial charge in [-0.25, -0.2) is 0 Å². The van der Waals surface area contributed by atoms with Crippen LogP contribution in [-0.4, -0.2) is 36.8 Å². The fourth-order valence-corrected chi connectivity index (χ4v) is 1.58. The number of hydrogen-bond acceptors (Lipinski definition) is 2. The molecule has 0 saturated carbocycles. The molecule has 0 bridgehead atoms. The molecule has 0 unspecified atom stereocenters. The summed E-state index contributed by atoms with van der Waals surface area (Å²) in [4.78, 5) is 1.79. The lowest BCUT2D eigenvalue weighted by Gasteiger charge is -2.30. The van der Waals surface area contributed by atoms with Crippen LogP contribution in [0, 0.1) is 0 Å². The number of halogens is 3. The lowest BCUT2D eigenvalue weighted by atomic mass is 10.1. The van der Waals surface area contributed by atoms with Crippen LogP contribution in [0.4, 0.5) is 13.2 Å². The van der Waals surface area contributed by atoms with E-state index in [1.165, 1.54) is 0 Å². The number of rotatable bonds is 2. The first kappa shape index (κ1) is 10.8. The van der Waals surface area contributed by atoms with Crippen molar-refractivity contribution in [1.82, 2.24) is 4.90 Å². The molecule has 1 atom stereocenters. The summed E-state index contributed by atoms with van der Waals surface area (Å²) in [5.74, 6) is 0. The van der Waals surface area contributed by atoms with E-state index in [1.54, 1.807) is 4.90 Å². The highest BCUT2D eigenvalue weighted by atomic mass is 19.4. The SMILES string of the molecule is N[C@H]1CCCN(CCC(F)(F)F)C1. The van der Waals surface area contributed by atoms with Crippen LogP contribution in [0.2, 0.25) is 0 Å². The summed E-state index contributed by atoms with van der Waals surface area (Å²) < 4.78 is 35.5. The zero-order chi connectivity index (χ0) is 9.90. The van der Waals surface area contributed by atoms with Crippen molar-refractivity contribution in [2.24, 2.45) is 5.73 Å². The van der Waals surface area contributed by atoms with Gasteiger partial charge in [-0.1, -0.05) is 0 Å². The van der Waals surface area contributed by atoms with Crippen LogP contribution in [0.15, 0.2) is 0 Å². The second-order valence-corrected chi connectivity index (χ2v) is 3.57. The van der Waals surface area contributed by atoms with E-state index in [2.05, 4.69) is 0 Å². The van der Waals surface area contributed by atoms with E-state index in [0.717, 1.165) is 19.4 Å². The molecule has 2 nitrogen and oxygen atoms in total. The molecule has 0 aromatic rings. The quantitative estimate of drug-likeness (QED) is 0.722. The second-order valence-electron chi connectivity index (χ2n) is 3.57. The van der Waals surface area contributed by atoms with Crippen molar-refractivity contribution in [3.05, 3.63) is 0 Å². The van der Waals surface area contributed by atoms with Gasteiger partial charge in [-0.3, -0.25) is 0 Å². The minimum absolute atomic E-state index is 0.0574. The first-order valence-electron chi connectivity index (χ1n) is 4.52. The van der Waals surface area contributed by atoms with Gasteiger partial charge in [-0.2, -0.15) is 13.2 Å². The average molecular weight is 196 g/mol. The molecule has 0 spiro atoms. The lowest BCUT2D eigenvalue weighted by molar-refractivity contribution is -0.138. The first-order valence-corrected chi connectivity index (χ1v) is 4.52. The van der Waals surface area contributed by atoms with Crippen molar-refractivity contribution < 1.29 is 13.2 Å². The molecular formula is C8H15F3N2. The van der Waals surface area contributed by atoms with Crippen molar-refractivity contribution in [3.63, 3.8) is 0 Å². The summed E-state index contributed by atoms with van der Waals surface area (Å²) in [7, 11) is 0. The maximum absolute atomic E-state index is 11.8. The molecule has 1 aliphatic rings. The molecule has 0 aliphatic carbocycles. The molecule has 1 rings (SSSR count). The van der Waals surface area contributed by atoms with Crippen LogP contribution in [0.5, 0.6) is 0 Å². The normalized spacial score (nSPS) is 26.3. The number of nitrogens with two attached hydrogens (primary N) is 1. The van der Waals surface area contributed by atoms with Crippen molar-refractivity contribution in [2.75, 3.05) is 19.6 Å². The van der Waals surface area contributed by atoms with Gasteiger partial charge in [0, 0.05) is 19.1 Å². The summed E-state index contributed by atoms with van der Waals surface area (Å²) in [6.07, 6.45) is -2.91. The van der Waals surface area contributed by atoms with Gasteiger partial charge in [0.15, 0.2) is 0 Å². The summed E-state index contributed by atoms with van der Waals surface area (Å²) >= 11 is 0.